The quantitative estimate of drug-likeness (QED) is 0.800. The number of aryl methyl sites for hydroxylation is 2. The molecular formula is C18H17N5. The fourth-order valence-electron chi connectivity index (χ4n) is 2.44. The van der Waals surface area contributed by atoms with Gasteiger partial charge in [-0.15, -0.1) is 0 Å². The summed E-state index contributed by atoms with van der Waals surface area (Å²) < 4.78 is 1.99. The van der Waals surface area contributed by atoms with E-state index in [2.05, 4.69) is 46.6 Å². The molecule has 0 unspecified atom stereocenters. The first-order chi connectivity index (χ1) is 11.1. The third-order valence-electron chi connectivity index (χ3n) is 3.53. The molecule has 5 nitrogen and oxygen atoms in total. The minimum Gasteiger partial charge on any atom is -0.340 e. The van der Waals surface area contributed by atoms with Crippen LogP contribution in [0, 0.1) is 25.2 Å². The lowest BCUT2D eigenvalue weighted by atomic mass is 10.2. The molecule has 0 spiro atoms. The topological polar surface area (TPSA) is 66.5 Å². The van der Waals surface area contributed by atoms with Gasteiger partial charge < -0.3 is 5.32 Å². The number of rotatable bonds is 4. The summed E-state index contributed by atoms with van der Waals surface area (Å²) in [6.07, 6.45) is 1.56. The van der Waals surface area contributed by atoms with Gasteiger partial charge in [0, 0.05) is 17.6 Å². The van der Waals surface area contributed by atoms with Crippen molar-refractivity contribution in [2.75, 3.05) is 5.32 Å². The highest BCUT2D eigenvalue weighted by molar-refractivity contribution is 5.57. The Balaban J connectivity index is 1.76. The number of nitrogens with zero attached hydrogens (tertiary/aromatic N) is 4. The van der Waals surface area contributed by atoms with Gasteiger partial charge in [0.2, 0.25) is 0 Å². The Kier molecular flexibility index (Phi) is 4.07. The minimum atomic E-state index is 0.550. The molecule has 5 heteroatoms. The molecule has 0 atom stereocenters. The summed E-state index contributed by atoms with van der Waals surface area (Å²) in [5, 5.41) is 16.5. The van der Waals surface area contributed by atoms with Crippen LogP contribution < -0.4 is 5.32 Å². The van der Waals surface area contributed by atoms with Gasteiger partial charge in [0.1, 0.15) is 11.9 Å². The molecule has 114 valence electrons. The molecule has 0 aliphatic rings. The van der Waals surface area contributed by atoms with Gasteiger partial charge in [-0.05, 0) is 49.7 Å². The predicted molar refractivity (Wildman–Crippen MR) is 89.5 cm³/mol. The molecule has 2 aromatic heterocycles. The molecule has 0 saturated heterocycles. The van der Waals surface area contributed by atoms with Gasteiger partial charge in [0.25, 0.3) is 0 Å². The lowest BCUT2D eigenvalue weighted by molar-refractivity contribution is 0.659. The van der Waals surface area contributed by atoms with Crippen molar-refractivity contribution in [2.45, 2.75) is 20.4 Å². The van der Waals surface area contributed by atoms with Crippen LogP contribution >= 0.6 is 0 Å². The zero-order valence-corrected chi connectivity index (χ0v) is 13.1. The van der Waals surface area contributed by atoms with E-state index in [0.717, 1.165) is 29.2 Å². The number of nitriles is 1. The smallest absolute Gasteiger partial charge is 0.130 e. The van der Waals surface area contributed by atoms with Crippen LogP contribution in [0.25, 0.3) is 0 Å². The first kappa shape index (κ1) is 14.8. The molecule has 0 amide bonds. The third-order valence-corrected chi connectivity index (χ3v) is 3.53. The monoisotopic (exact) mass is 303 g/mol. The Morgan fingerprint density at radius 3 is 2.70 bits per heavy atom. The number of anilines is 2. The zero-order chi connectivity index (χ0) is 16.2. The van der Waals surface area contributed by atoms with Crippen LogP contribution in [0.2, 0.25) is 0 Å². The molecule has 1 N–H and O–H groups in total. The lowest BCUT2D eigenvalue weighted by Crippen LogP contribution is -2.04. The summed E-state index contributed by atoms with van der Waals surface area (Å²) in [5.41, 5.74) is 4.85. The summed E-state index contributed by atoms with van der Waals surface area (Å²) >= 11 is 0. The predicted octanol–water partition coefficient (Wildman–Crippen LogP) is 3.56. The van der Waals surface area contributed by atoms with E-state index < -0.39 is 0 Å². The average Bonchev–Trinajstić information content (AvgIpc) is 2.86. The number of hydrogen-bond donors (Lipinski definition) is 1. The minimum absolute atomic E-state index is 0.550. The van der Waals surface area contributed by atoms with Gasteiger partial charge in [-0.2, -0.15) is 10.4 Å². The maximum atomic E-state index is 8.80. The molecule has 0 radical (unpaired) electrons. The van der Waals surface area contributed by atoms with E-state index in [0.29, 0.717) is 11.4 Å². The van der Waals surface area contributed by atoms with Crippen molar-refractivity contribution in [1.29, 1.82) is 5.26 Å². The Labute approximate surface area is 135 Å². The summed E-state index contributed by atoms with van der Waals surface area (Å²) in [7, 11) is 0. The van der Waals surface area contributed by atoms with Crippen molar-refractivity contribution < 1.29 is 0 Å². The van der Waals surface area contributed by atoms with Crippen molar-refractivity contribution in [3.05, 3.63) is 71.2 Å². The van der Waals surface area contributed by atoms with Gasteiger partial charge in [-0.3, -0.25) is 4.68 Å². The fourth-order valence-corrected chi connectivity index (χ4v) is 2.44. The highest BCUT2D eigenvalue weighted by Gasteiger charge is 2.03. The van der Waals surface area contributed by atoms with E-state index in [-0.39, 0.29) is 0 Å². The molecule has 3 rings (SSSR count). The third kappa shape index (κ3) is 3.55. The molecular weight excluding hydrogens is 286 g/mol. The summed E-state index contributed by atoms with van der Waals surface area (Å²) in [6.45, 7) is 4.79. The van der Waals surface area contributed by atoms with E-state index in [4.69, 9.17) is 5.26 Å². The molecule has 23 heavy (non-hydrogen) atoms. The van der Waals surface area contributed by atoms with Crippen molar-refractivity contribution in [1.82, 2.24) is 14.8 Å². The molecule has 0 bridgehead atoms. The molecule has 0 aliphatic carbocycles. The highest BCUT2D eigenvalue weighted by Crippen LogP contribution is 2.17. The van der Waals surface area contributed by atoms with Crippen LogP contribution in [0.3, 0.4) is 0 Å². The van der Waals surface area contributed by atoms with Gasteiger partial charge in [-0.1, -0.05) is 12.1 Å². The van der Waals surface area contributed by atoms with E-state index in [1.54, 1.807) is 18.3 Å². The Bertz CT molecular complexity index is 856. The van der Waals surface area contributed by atoms with Crippen molar-refractivity contribution in [3.63, 3.8) is 0 Å². The molecule has 3 aromatic rings. The second-order valence-electron chi connectivity index (χ2n) is 5.45. The van der Waals surface area contributed by atoms with Crippen LogP contribution in [0.5, 0.6) is 0 Å². The normalized spacial score (nSPS) is 10.3. The maximum absolute atomic E-state index is 8.80. The number of pyridine rings is 1. The van der Waals surface area contributed by atoms with E-state index in [9.17, 15) is 0 Å². The van der Waals surface area contributed by atoms with Crippen LogP contribution in [-0.2, 0) is 6.54 Å². The highest BCUT2D eigenvalue weighted by atomic mass is 15.3. The van der Waals surface area contributed by atoms with Crippen molar-refractivity contribution in [3.8, 4) is 6.07 Å². The number of hydrogen-bond acceptors (Lipinski definition) is 4. The second kappa shape index (κ2) is 6.32. The average molecular weight is 303 g/mol. The van der Waals surface area contributed by atoms with Crippen LogP contribution in [0.1, 0.15) is 22.5 Å². The zero-order valence-electron chi connectivity index (χ0n) is 13.1. The molecule has 0 aliphatic heterocycles. The van der Waals surface area contributed by atoms with Crippen LogP contribution in [0.15, 0.2) is 48.7 Å². The first-order valence-corrected chi connectivity index (χ1v) is 7.37. The number of benzene rings is 1. The molecule has 2 heterocycles. The number of aromatic nitrogens is 3. The standard InChI is InChI=1S/C18H17N5/c1-13-8-14(2)23(22-13)12-15-4-3-5-17(9-15)21-18-7-6-16(10-19)11-20-18/h3-9,11H,12H2,1-2H3,(H,20,21). The maximum Gasteiger partial charge on any atom is 0.130 e. The molecule has 0 fully saturated rings. The van der Waals surface area contributed by atoms with Gasteiger partial charge >= 0.3 is 0 Å². The summed E-state index contributed by atoms with van der Waals surface area (Å²) in [6, 6.07) is 15.8. The van der Waals surface area contributed by atoms with Crippen molar-refractivity contribution in [2.24, 2.45) is 0 Å². The van der Waals surface area contributed by atoms with Gasteiger partial charge in [-0.25, -0.2) is 4.98 Å². The van der Waals surface area contributed by atoms with Crippen LogP contribution in [-0.4, -0.2) is 14.8 Å². The second-order valence-corrected chi connectivity index (χ2v) is 5.45. The van der Waals surface area contributed by atoms with Gasteiger partial charge in [0.05, 0.1) is 17.8 Å². The fraction of sp³-hybridized carbons (Fsp3) is 0.167. The molecule has 0 saturated carbocycles. The lowest BCUT2D eigenvalue weighted by Gasteiger charge is -2.09. The Morgan fingerprint density at radius 1 is 1.17 bits per heavy atom. The Morgan fingerprint density at radius 2 is 2.04 bits per heavy atom. The first-order valence-electron chi connectivity index (χ1n) is 7.37. The SMILES string of the molecule is Cc1cc(C)n(Cc2cccc(Nc3ccc(C#N)cn3)c2)n1. The molecule has 1 aromatic carbocycles. The number of nitrogens with one attached hydrogen (secondary N) is 1. The van der Waals surface area contributed by atoms with E-state index in [1.165, 1.54) is 0 Å². The van der Waals surface area contributed by atoms with E-state index in [1.807, 2.05) is 23.7 Å². The summed E-state index contributed by atoms with van der Waals surface area (Å²) in [5.74, 6) is 0.715. The van der Waals surface area contributed by atoms with E-state index >= 15 is 0 Å². The van der Waals surface area contributed by atoms with Crippen LogP contribution in [0.4, 0.5) is 11.5 Å². The summed E-state index contributed by atoms with van der Waals surface area (Å²) in [4.78, 5) is 4.22. The van der Waals surface area contributed by atoms with Gasteiger partial charge in [0.15, 0.2) is 0 Å². The van der Waals surface area contributed by atoms with Crippen molar-refractivity contribution >= 4 is 11.5 Å². The Hall–Kier alpha value is -3.13. The largest absolute Gasteiger partial charge is 0.340 e.